The third kappa shape index (κ3) is 3.58. The van der Waals surface area contributed by atoms with Gasteiger partial charge >= 0.3 is 5.97 Å². The molecule has 2 aliphatic heterocycles. The molecule has 134 valence electrons. The van der Waals surface area contributed by atoms with Gasteiger partial charge in [0.25, 0.3) is 0 Å². The predicted octanol–water partition coefficient (Wildman–Crippen LogP) is 2.38. The number of carbonyl (C=O) groups excluding carboxylic acids is 1. The van der Waals surface area contributed by atoms with E-state index in [-0.39, 0.29) is 30.2 Å². The molecular formula is C19H28O5. The first-order valence-electron chi connectivity index (χ1n) is 8.93. The van der Waals surface area contributed by atoms with Gasteiger partial charge in [-0.15, -0.1) is 0 Å². The Balaban J connectivity index is 1.85. The molecule has 24 heavy (non-hydrogen) atoms. The van der Waals surface area contributed by atoms with Crippen molar-refractivity contribution in [3.63, 3.8) is 0 Å². The summed E-state index contributed by atoms with van der Waals surface area (Å²) in [5.74, 6) is -0.125. The van der Waals surface area contributed by atoms with Crippen LogP contribution in [-0.4, -0.2) is 48.2 Å². The second-order valence-corrected chi connectivity index (χ2v) is 7.42. The topological polar surface area (TPSA) is 68.3 Å². The first kappa shape index (κ1) is 17.6. The van der Waals surface area contributed by atoms with Crippen LogP contribution in [0.5, 0.6) is 0 Å². The lowest BCUT2D eigenvalue weighted by Gasteiger charge is -2.28. The Morgan fingerprint density at radius 3 is 2.83 bits per heavy atom. The molecule has 0 aromatic carbocycles. The van der Waals surface area contributed by atoms with E-state index in [9.17, 15) is 9.90 Å². The number of hydrogen-bond acceptors (Lipinski definition) is 5. The van der Waals surface area contributed by atoms with E-state index in [1.807, 2.05) is 13.0 Å². The Hall–Kier alpha value is -1.17. The predicted molar refractivity (Wildman–Crippen MR) is 89.4 cm³/mol. The monoisotopic (exact) mass is 336 g/mol. The summed E-state index contributed by atoms with van der Waals surface area (Å²) >= 11 is 0. The van der Waals surface area contributed by atoms with Gasteiger partial charge in [0.05, 0.1) is 30.3 Å². The molecule has 3 rings (SSSR count). The van der Waals surface area contributed by atoms with Gasteiger partial charge in [-0.3, -0.25) is 0 Å². The summed E-state index contributed by atoms with van der Waals surface area (Å²) in [5, 5.41) is 10.3. The quantitative estimate of drug-likeness (QED) is 0.369. The number of aliphatic hydroxyl groups is 1. The minimum Gasteiger partial charge on any atom is -0.454 e. The lowest BCUT2D eigenvalue weighted by atomic mass is 9.85. The van der Waals surface area contributed by atoms with Crippen molar-refractivity contribution in [2.75, 3.05) is 6.61 Å². The second kappa shape index (κ2) is 6.98. The molecular weight excluding hydrogens is 308 g/mol. The smallest absolute Gasteiger partial charge is 0.334 e. The summed E-state index contributed by atoms with van der Waals surface area (Å²) in [4.78, 5) is 12.1. The summed E-state index contributed by atoms with van der Waals surface area (Å²) in [5.41, 5.74) is 1.27. The molecule has 0 aromatic heterocycles. The average molecular weight is 336 g/mol. The van der Waals surface area contributed by atoms with Crippen molar-refractivity contribution in [3.8, 4) is 0 Å². The van der Waals surface area contributed by atoms with Gasteiger partial charge in [-0.2, -0.15) is 0 Å². The highest BCUT2D eigenvalue weighted by atomic mass is 16.6. The maximum Gasteiger partial charge on any atom is 0.334 e. The van der Waals surface area contributed by atoms with Crippen molar-refractivity contribution < 1.29 is 24.1 Å². The fraction of sp³-hybridized carbons (Fsp3) is 0.737. The average Bonchev–Trinajstić information content (AvgIpc) is 3.21. The van der Waals surface area contributed by atoms with E-state index in [1.165, 1.54) is 0 Å². The first-order valence-corrected chi connectivity index (χ1v) is 8.93. The van der Waals surface area contributed by atoms with Crippen molar-refractivity contribution in [2.45, 2.75) is 70.6 Å². The molecule has 3 aliphatic rings. The SMILES string of the molecule is C=C1C(=O)O[C@H]2/C=C(/C)[C@@H](O)C[C@H]3O[C@H]3C[C@@H](OC[C@@H](C)CC)[C@@H]12. The molecule has 1 N–H and O–H groups in total. The molecule has 5 heteroatoms. The number of epoxide rings is 1. The van der Waals surface area contributed by atoms with Crippen LogP contribution < -0.4 is 0 Å². The van der Waals surface area contributed by atoms with E-state index in [2.05, 4.69) is 20.4 Å². The maximum atomic E-state index is 12.1. The number of aliphatic hydroxyl groups excluding tert-OH is 1. The van der Waals surface area contributed by atoms with Gasteiger partial charge < -0.3 is 19.3 Å². The molecule has 0 saturated carbocycles. The lowest BCUT2D eigenvalue weighted by Crippen LogP contribution is -2.34. The van der Waals surface area contributed by atoms with Gasteiger partial charge in [0.2, 0.25) is 0 Å². The zero-order valence-electron chi connectivity index (χ0n) is 14.7. The Bertz CT molecular complexity index is 540. The van der Waals surface area contributed by atoms with Gasteiger partial charge in [-0.25, -0.2) is 4.79 Å². The van der Waals surface area contributed by atoms with Gasteiger partial charge in [0.15, 0.2) is 0 Å². The van der Waals surface area contributed by atoms with Crippen LogP contribution in [0, 0.1) is 11.8 Å². The molecule has 0 aromatic rings. The van der Waals surface area contributed by atoms with E-state index in [4.69, 9.17) is 14.2 Å². The van der Waals surface area contributed by atoms with Crippen molar-refractivity contribution >= 4 is 5.97 Å². The fourth-order valence-corrected chi connectivity index (χ4v) is 3.50. The molecule has 2 heterocycles. The highest BCUT2D eigenvalue weighted by Crippen LogP contribution is 2.41. The highest BCUT2D eigenvalue weighted by Gasteiger charge is 2.49. The number of esters is 1. The molecule has 1 aliphatic carbocycles. The zero-order valence-corrected chi connectivity index (χ0v) is 14.7. The summed E-state index contributed by atoms with van der Waals surface area (Å²) in [6.07, 6.45) is 3.20. The maximum absolute atomic E-state index is 12.1. The minimum atomic E-state index is -0.564. The Labute approximate surface area is 143 Å². The summed E-state index contributed by atoms with van der Waals surface area (Å²) in [6, 6.07) is 0. The van der Waals surface area contributed by atoms with Crippen LogP contribution in [0.2, 0.25) is 0 Å². The van der Waals surface area contributed by atoms with Gasteiger partial charge in [-0.05, 0) is 24.5 Å². The van der Waals surface area contributed by atoms with E-state index >= 15 is 0 Å². The first-order chi connectivity index (χ1) is 11.4. The van der Waals surface area contributed by atoms with E-state index in [0.717, 1.165) is 12.0 Å². The lowest BCUT2D eigenvalue weighted by molar-refractivity contribution is -0.137. The van der Waals surface area contributed by atoms with Gasteiger partial charge in [0.1, 0.15) is 6.10 Å². The Morgan fingerprint density at radius 2 is 2.12 bits per heavy atom. The van der Waals surface area contributed by atoms with Crippen molar-refractivity contribution in [2.24, 2.45) is 11.8 Å². The van der Waals surface area contributed by atoms with E-state index < -0.39 is 12.2 Å². The van der Waals surface area contributed by atoms with E-state index in [1.54, 1.807) is 0 Å². The number of ether oxygens (including phenoxy) is 3. The van der Waals surface area contributed by atoms with Crippen LogP contribution in [0.15, 0.2) is 23.8 Å². The standard InChI is InChI=1S/C19H28O5/c1-5-10(2)9-22-16-8-15-14(23-15)7-13(20)11(3)6-17-18(16)12(4)19(21)24-17/h6,10,13-18,20H,4-5,7-9H2,1-3H3/b11-6-/t10-,13-,14+,15-,16+,17-,18+/m0/s1. The van der Waals surface area contributed by atoms with Gasteiger partial charge in [-0.1, -0.05) is 26.8 Å². The molecule has 0 bridgehead atoms. The summed E-state index contributed by atoms with van der Waals surface area (Å²) < 4.78 is 17.4. The largest absolute Gasteiger partial charge is 0.454 e. The second-order valence-electron chi connectivity index (χ2n) is 7.42. The van der Waals surface area contributed by atoms with Crippen LogP contribution >= 0.6 is 0 Å². The van der Waals surface area contributed by atoms with Crippen LogP contribution in [-0.2, 0) is 19.0 Å². The van der Waals surface area contributed by atoms with Crippen molar-refractivity contribution in [1.29, 1.82) is 0 Å². The summed E-state index contributed by atoms with van der Waals surface area (Å²) in [7, 11) is 0. The van der Waals surface area contributed by atoms with Crippen molar-refractivity contribution in [1.82, 2.24) is 0 Å². The number of hydrogen-bond donors (Lipinski definition) is 1. The normalized spacial score (nSPS) is 42.4. The van der Waals surface area contributed by atoms with Crippen LogP contribution in [0.3, 0.4) is 0 Å². The zero-order chi connectivity index (χ0) is 17.4. The minimum absolute atomic E-state index is 0.0703. The molecule has 7 atom stereocenters. The van der Waals surface area contributed by atoms with Crippen molar-refractivity contribution in [3.05, 3.63) is 23.8 Å². The third-order valence-corrected chi connectivity index (χ3v) is 5.51. The molecule has 0 spiro atoms. The van der Waals surface area contributed by atoms with Crippen LogP contribution in [0.4, 0.5) is 0 Å². The van der Waals surface area contributed by atoms with E-state index in [0.29, 0.717) is 30.9 Å². The Morgan fingerprint density at radius 1 is 1.42 bits per heavy atom. The molecule has 0 amide bonds. The van der Waals surface area contributed by atoms with Gasteiger partial charge in [0, 0.05) is 25.0 Å². The molecule has 0 unspecified atom stereocenters. The molecule has 2 saturated heterocycles. The summed E-state index contributed by atoms with van der Waals surface area (Å²) in [6.45, 7) is 10.7. The molecule has 2 fully saturated rings. The Kier molecular flexibility index (Phi) is 5.13. The number of carbonyl (C=O) groups is 1. The molecule has 0 radical (unpaired) electrons. The van der Waals surface area contributed by atoms with Crippen LogP contribution in [0.1, 0.15) is 40.0 Å². The highest BCUT2D eigenvalue weighted by molar-refractivity contribution is 5.91. The van der Waals surface area contributed by atoms with Crippen LogP contribution in [0.25, 0.3) is 0 Å². The molecule has 5 nitrogen and oxygen atoms in total. The third-order valence-electron chi connectivity index (χ3n) is 5.51. The number of fused-ring (bicyclic) bond motifs is 2. The fourth-order valence-electron chi connectivity index (χ4n) is 3.50. The number of rotatable bonds is 4.